The molecule has 1 aromatic heterocycles. The number of anilines is 1. The molecule has 0 unspecified atom stereocenters. The molecule has 0 atom stereocenters. The number of rotatable bonds is 3. The highest BCUT2D eigenvalue weighted by Gasteiger charge is 2.21. The molecular weight excluding hydrogens is 318 g/mol. The van der Waals surface area contributed by atoms with Crippen LogP contribution in [-0.2, 0) is 11.2 Å². The van der Waals surface area contributed by atoms with Gasteiger partial charge in [0, 0.05) is 42.3 Å². The summed E-state index contributed by atoms with van der Waals surface area (Å²) in [6.45, 7) is 5.17. The van der Waals surface area contributed by atoms with Gasteiger partial charge in [0.2, 0.25) is 5.91 Å². The van der Waals surface area contributed by atoms with E-state index in [0.29, 0.717) is 6.42 Å². The largest absolute Gasteiger partial charge is 0.368 e. The molecule has 1 saturated heterocycles. The third-order valence-electron chi connectivity index (χ3n) is 3.82. The Bertz CT molecular complexity index is 648. The first-order chi connectivity index (χ1) is 10.6. The van der Waals surface area contributed by atoms with E-state index in [-0.39, 0.29) is 5.91 Å². The van der Waals surface area contributed by atoms with Crippen LogP contribution in [0, 0.1) is 6.92 Å². The minimum absolute atomic E-state index is 0.168. The van der Waals surface area contributed by atoms with Gasteiger partial charge in [-0.25, -0.2) is 4.98 Å². The molecule has 0 radical (unpaired) electrons. The van der Waals surface area contributed by atoms with Gasteiger partial charge in [-0.1, -0.05) is 11.6 Å². The van der Waals surface area contributed by atoms with Crippen molar-refractivity contribution >= 4 is 34.5 Å². The molecule has 2 heterocycles. The number of nitrogens with zero attached hydrogens (tertiary/aromatic N) is 3. The summed E-state index contributed by atoms with van der Waals surface area (Å²) in [4.78, 5) is 20.9. The predicted molar refractivity (Wildman–Crippen MR) is 90.8 cm³/mol. The number of thiazole rings is 1. The van der Waals surface area contributed by atoms with E-state index in [1.54, 1.807) is 11.3 Å². The van der Waals surface area contributed by atoms with Gasteiger partial charge in [-0.05, 0) is 31.2 Å². The van der Waals surface area contributed by atoms with Crippen molar-refractivity contribution in [3.8, 4) is 0 Å². The number of piperazine rings is 1. The summed E-state index contributed by atoms with van der Waals surface area (Å²) >= 11 is 7.51. The molecule has 6 heteroatoms. The van der Waals surface area contributed by atoms with Gasteiger partial charge in [-0.15, -0.1) is 11.3 Å². The number of hydrogen-bond acceptors (Lipinski definition) is 4. The van der Waals surface area contributed by atoms with E-state index in [4.69, 9.17) is 11.6 Å². The van der Waals surface area contributed by atoms with Gasteiger partial charge < -0.3 is 9.80 Å². The molecule has 1 aliphatic heterocycles. The third-order valence-corrected chi connectivity index (χ3v) is 4.90. The Morgan fingerprint density at radius 3 is 2.50 bits per heavy atom. The first-order valence-electron chi connectivity index (χ1n) is 7.31. The number of amides is 1. The van der Waals surface area contributed by atoms with Gasteiger partial charge >= 0.3 is 0 Å². The lowest BCUT2D eigenvalue weighted by Gasteiger charge is -2.36. The van der Waals surface area contributed by atoms with E-state index in [1.165, 1.54) is 0 Å². The second-order valence-electron chi connectivity index (χ2n) is 5.38. The van der Waals surface area contributed by atoms with Crippen LogP contribution in [0.25, 0.3) is 0 Å². The number of benzene rings is 1. The maximum atomic E-state index is 12.3. The first kappa shape index (κ1) is 15.3. The fourth-order valence-electron chi connectivity index (χ4n) is 2.62. The number of aromatic nitrogens is 1. The van der Waals surface area contributed by atoms with Gasteiger partial charge in [0.05, 0.1) is 17.1 Å². The summed E-state index contributed by atoms with van der Waals surface area (Å²) < 4.78 is 0. The highest BCUT2D eigenvalue weighted by atomic mass is 35.5. The van der Waals surface area contributed by atoms with Crippen LogP contribution < -0.4 is 4.90 Å². The standard InChI is InChI=1S/C16H18ClN3OS/c1-12-18-14(11-22-12)10-16(21)20-8-6-19(7-9-20)15-4-2-13(17)3-5-15/h2-5,11H,6-10H2,1H3. The summed E-state index contributed by atoms with van der Waals surface area (Å²) in [7, 11) is 0. The van der Waals surface area contributed by atoms with Crippen molar-refractivity contribution in [3.05, 3.63) is 45.4 Å². The van der Waals surface area contributed by atoms with E-state index < -0.39 is 0 Å². The Labute approximate surface area is 139 Å². The van der Waals surface area contributed by atoms with E-state index in [9.17, 15) is 4.79 Å². The Balaban J connectivity index is 1.54. The summed E-state index contributed by atoms with van der Waals surface area (Å²) in [5.74, 6) is 0.168. The van der Waals surface area contributed by atoms with Crippen molar-refractivity contribution in [2.75, 3.05) is 31.1 Å². The monoisotopic (exact) mass is 335 g/mol. The van der Waals surface area contributed by atoms with Crippen molar-refractivity contribution in [1.29, 1.82) is 0 Å². The summed E-state index contributed by atoms with van der Waals surface area (Å²) in [6.07, 6.45) is 0.408. The lowest BCUT2D eigenvalue weighted by molar-refractivity contribution is -0.130. The summed E-state index contributed by atoms with van der Waals surface area (Å²) in [5.41, 5.74) is 2.04. The van der Waals surface area contributed by atoms with E-state index in [2.05, 4.69) is 9.88 Å². The lowest BCUT2D eigenvalue weighted by Crippen LogP contribution is -2.49. The molecule has 3 rings (SSSR count). The average Bonchev–Trinajstić information content (AvgIpc) is 2.93. The second kappa shape index (κ2) is 6.67. The van der Waals surface area contributed by atoms with Gasteiger partial charge in [0.1, 0.15) is 0 Å². The van der Waals surface area contributed by atoms with Gasteiger partial charge in [0.25, 0.3) is 0 Å². The Hall–Kier alpha value is -1.59. The number of hydrogen-bond donors (Lipinski definition) is 0. The molecular formula is C16H18ClN3OS. The van der Waals surface area contributed by atoms with Crippen LogP contribution in [0.5, 0.6) is 0 Å². The van der Waals surface area contributed by atoms with Crippen molar-refractivity contribution in [3.63, 3.8) is 0 Å². The fraction of sp³-hybridized carbons (Fsp3) is 0.375. The Morgan fingerprint density at radius 1 is 1.23 bits per heavy atom. The molecule has 1 aliphatic rings. The zero-order valence-electron chi connectivity index (χ0n) is 12.5. The maximum Gasteiger partial charge on any atom is 0.228 e. The molecule has 0 saturated carbocycles. The number of carbonyl (C=O) groups excluding carboxylic acids is 1. The Kier molecular flexibility index (Phi) is 4.64. The van der Waals surface area contributed by atoms with Crippen molar-refractivity contribution in [2.45, 2.75) is 13.3 Å². The highest BCUT2D eigenvalue weighted by molar-refractivity contribution is 7.09. The van der Waals surface area contributed by atoms with Crippen LogP contribution in [0.1, 0.15) is 10.7 Å². The molecule has 1 aromatic carbocycles. The molecule has 0 N–H and O–H groups in total. The quantitative estimate of drug-likeness (QED) is 0.865. The molecule has 1 amide bonds. The van der Waals surface area contributed by atoms with Crippen LogP contribution in [0.2, 0.25) is 5.02 Å². The summed E-state index contributed by atoms with van der Waals surface area (Å²) in [6, 6.07) is 7.85. The molecule has 116 valence electrons. The van der Waals surface area contributed by atoms with Gasteiger partial charge in [0.15, 0.2) is 0 Å². The molecule has 2 aromatic rings. The second-order valence-corrected chi connectivity index (χ2v) is 6.88. The molecule has 22 heavy (non-hydrogen) atoms. The summed E-state index contributed by atoms with van der Waals surface area (Å²) in [5, 5.41) is 3.73. The lowest BCUT2D eigenvalue weighted by atomic mass is 10.2. The molecule has 0 bridgehead atoms. The van der Waals surface area contributed by atoms with E-state index >= 15 is 0 Å². The van der Waals surface area contributed by atoms with Crippen LogP contribution in [-0.4, -0.2) is 42.0 Å². The topological polar surface area (TPSA) is 36.4 Å². The molecule has 4 nitrogen and oxygen atoms in total. The molecule has 1 fully saturated rings. The van der Waals surface area contributed by atoms with Crippen LogP contribution in [0.15, 0.2) is 29.6 Å². The predicted octanol–water partition coefficient (Wildman–Crippen LogP) is 3.00. The smallest absolute Gasteiger partial charge is 0.228 e. The minimum atomic E-state index is 0.168. The fourth-order valence-corrected chi connectivity index (χ4v) is 3.36. The zero-order valence-corrected chi connectivity index (χ0v) is 14.0. The van der Waals surface area contributed by atoms with Crippen LogP contribution >= 0.6 is 22.9 Å². The van der Waals surface area contributed by atoms with Crippen molar-refractivity contribution in [2.24, 2.45) is 0 Å². The normalized spacial score (nSPS) is 15.2. The third kappa shape index (κ3) is 3.59. The molecule has 0 aliphatic carbocycles. The van der Waals surface area contributed by atoms with Crippen LogP contribution in [0.4, 0.5) is 5.69 Å². The highest BCUT2D eigenvalue weighted by Crippen LogP contribution is 2.19. The number of aryl methyl sites for hydroxylation is 1. The van der Waals surface area contributed by atoms with Crippen LogP contribution in [0.3, 0.4) is 0 Å². The zero-order chi connectivity index (χ0) is 15.5. The van der Waals surface area contributed by atoms with Crippen molar-refractivity contribution in [1.82, 2.24) is 9.88 Å². The van der Waals surface area contributed by atoms with E-state index in [0.717, 1.165) is 47.6 Å². The average molecular weight is 336 g/mol. The van der Waals surface area contributed by atoms with Crippen molar-refractivity contribution < 1.29 is 4.79 Å². The van der Waals surface area contributed by atoms with Gasteiger partial charge in [-0.2, -0.15) is 0 Å². The van der Waals surface area contributed by atoms with E-state index in [1.807, 2.05) is 41.5 Å². The number of carbonyl (C=O) groups is 1. The van der Waals surface area contributed by atoms with Gasteiger partial charge in [-0.3, -0.25) is 4.79 Å². The molecule has 0 spiro atoms. The minimum Gasteiger partial charge on any atom is -0.368 e. The Morgan fingerprint density at radius 2 is 1.91 bits per heavy atom. The SMILES string of the molecule is Cc1nc(CC(=O)N2CCN(c3ccc(Cl)cc3)CC2)cs1. The first-order valence-corrected chi connectivity index (χ1v) is 8.57. The number of halogens is 1. The maximum absolute atomic E-state index is 12.3.